The highest BCUT2D eigenvalue weighted by Gasteiger charge is 2.18. The van der Waals surface area contributed by atoms with Gasteiger partial charge in [-0.05, 0) is 48.1 Å². The van der Waals surface area contributed by atoms with Crippen molar-refractivity contribution in [1.82, 2.24) is 9.88 Å². The van der Waals surface area contributed by atoms with Gasteiger partial charge in [0.25, 0.3) is 0 Å². The SMILES string of the molecule is CCC(C)(C)c1ccc(OCCCN2CCN(c3ccccn3)CC2)cc1. The van der Waals surface area contributed by atoms with E-state index in [9.17, 15) is 0 Å². The molecule has 4 nitrogen and oxygen atoms in total. The van der Waals surface area contributed by atoms with Crippen LogP contribution >= 0.6 is 0 Å². The van der Waals surface area contributed by atoms with E-state index in [2.05, 4.69) is 72.0 Å². The van der Waals surface area contributed by atoms with E-state index < -0.39 is 0 Å². The van der Waals surface area contributed by atoms with Crippen molar-refractivity contribution in [3.8, 4) is 5.75 Å². The Labute approximate surface area is 164 Å². The molecule has 1 aromatic carbocycles. The third-order valence-electron chi connectivity index (χ3n) is 5.75. The number of nitrogens with zero attached hydrogens (tertiary/aromatic N) is 3. The molecule has 0 atom stereocenters. The van der Waals surface area contributed by atoms with E-state index in [1.54, 1.807) is 0 Å². The molecule has 1 aliphatic heterocycles. The number of rotatable bonds is 8. The molecule has 0 bridgehead atoms. The number of aromatic nitrogens is 1. The first-order valence-electron chi connectivity index (χ1n) is 10.2. The molecule has 27 heavy (non-hydrogen) atoms. The van der Waals surface area contributed by atoms with Crippen LogP contribution < -0.4 is 9.64 Å². The maximum atomic E-state index is 5.94. The van der Waals surface area contributed by atoms with Crippen LogP contribution in [-0.4, -0.2) is 49.2 Å². The lowest BCUT2D eigenvalue weighted by Crippen LogP contribution is -2.47. The molecule has 0 spiro atoms. The monoisotopic (exact) mass is 367 g/mol. The second-order valence-electron chi connectivity index (χ2n) is 7.98. The van der Waals surface area contributed by atoms with Crippen LogP contribution in [0.25, 0.3) is 0 Å². The molecule has 3 rings (SSSR count). The lowest BCUT2D eigenvalue weighted by atomic mass is 9.82. The van der Waals surface area contributed by atoms with E-state index in [4.69, 9.17) is 4.74 Å². The normalized spacial score (nSPS) is 15.7. The summed E-state index contributed by atoms with van der Waals surface area (Å²) in [5.41, 5.74) is 1.61. The largest absolute Gasteiger partial charge is 0.494 e. The molecule has 146 valence electrons. The Morgan fingerprint density at radius 2 is 1.74 bits per heavy atom. The van der Waals surface area contributed by atoms with Crippen LogP contribution in [0.2, 0.25) is 0 Å². The van der Waals surface area contributed by atoms with Crippen LogP contribution in [0.3, 0.4) is 0 Å². The van der Waals surface area contributed by atoms with Crippen molar-refractivity contribution < 1.29 is 4.74 Å². The van der Waals surface area contributed by atoms with Gasteiger partial charge in [-0.15, -0.1) is 0 Å². The van der Waals surface area contributed by atoms with Crippen molar-refractivity contribution in [1.29, 1.82) is 0 Å². The summed E-state index contributed by atoms with van der Waals surface area (Å²) in [6.45, 7) is 13.0. The van der Waals surface area contributed by atoms with Gasteiger partial charge in [0.15, 0.2) is 0 Å². The average molecular weight is 368 g/mol. The molecular weight excluding hydrogens is 334 g/mol. The van der Waals surface area contributed by atoms with Crippen molar-refractivity contribution in [3.63, 3.8) is 0 Å². The first kappa shape index (κ1) is 19.7. The molecular formula is C23H33N3O. The number of pyridine rings is 1. The van der Waals surface area contributed by atoms with Gasteiger partial charge < -0.3 is 9.64 Å². The third-order valence-corrected chi connectivity index (χ3v) is 5.75. The first-order valence-corrected chi connectivity index (χ1v) is 10.2. The smallest absolute Gasteiger partial charge is 0.128 e. The van der Waals surface area contributed by atoms with Crippen molar-refractivity contribution in [3.05, 3.63) is 54.2 Å². The average Bonchev–Trinajstić information content (AvgIpc) is 2.73. The fourth-order valence-corrected chi connectivity index (χ4v) is 3.43. The second kappa shape index (κ2) is 9.23. The van der Waals surface area contributed by atoms with Gasteiger partial charge in [-0.25, -0.2) is 4.98 Å². The summed E-state index contributed by atoms with van der Waals surface area (Å²) in [5, 5.41) is 0. The summed E-state index contributed by atoms with van der Waals surface area (Å²) < 4.78 is 5.94. The summed E-state index contributed by atoms with van der Waals surface area (Å²) in [6, 6.07) is 14.7. The topological polar surface area (TPSA) is 28.6 Å². The fourth-order valence-electron chi connectivity index (χ4n) is 3.43. The van der Waals surface area contributed by atoms with E-state index in [1.807, 2.05) is 12.3 Å². The van der Waals surface area contributed by atoms with Crippen molar-refractivity contribution in [2.24, 2.45) is 0 Å². The molecule has 2 aromatic rings. The molecule has 4 heteroatoms. The molecule has 2 heterocycles. The predicted octanol–water partition coefficient (Wildman–Crippen LogP) is 4.36. The Bertz CT molecular complexity index is 677. The van der Waals surface area contributed by atoms with Crippen LogP contribution in [0.15, 0.2) is 48.7 Å². The van der Waals surface area contributed by atoms with Crippen LogP contribution in [-0.2, 0) is 5.41 Å². The standard InChI is InChI=1S/C23H33N3O/c1-4-23(2,3)20-9-11-21(12-10-20)27-19-7-14-25-15-17-26(18-16-25)22-8-5-6-13-24-22/h5-6,8-13H,4,7,14-19H2,1-3H3. The van der Waals surface area contributed by atoms with Gasteiger partial charge in [0.2, 0.25) is 0 Å². The van der Waals surface area contributed by atoms with E-state index in [1.165, 1.54) is 5.56 Å². The minimum atomic E-state index is 0.232. The summed E-state index contributed by atoms with van der Waals surface area (Å²) in [5.74, 6) is 2.07. The van der Waals surface area contributed by atoms with Crippen LogP contribution in [0.5, 0.6) is 5.75 Å². The predicted molar refractivity (Wildman–Crippen MR) is 113 cm³/mol. The van der Waals surface area contributed by atoms with Gasteiger partial charge in [0.1, 0.15) is 11.6 Å². The van der Waals surface area contributed by atoms with E-state index in [0.29, 0.717) is 0 Å². The van der Waals surface area contributed by atoms with E-state index in [0.717, 1.165) is 63.7 Å². The Morgan fingerprint density at radius 3 is 2.37 bits per heavy atom. The van der Waals surface area contributed by atoms with Crippen LogP contribution in [0.1, 0.15) is 39.2 Å². The number of piperazine rings is 1. The molecule has 1 fully saturated rings. The third kappa shape index (κ3) is 5.46. The molecule has 0 N–H and O–H groups in total. The maximum absolute atomic E-state index is 5.94. The van der Waals surface area contributed by atoms with Gasteiger partial charge in [0.05, 0.1) is 6.61 Å². The van der Waals surface area contributed by atoms with Crippen molar-refractivity contribution >= 4 is 5.82 Å². The Balaban J connectivity index is 1.35. The second-order valence-corrected chi connectivity index (χ2v) is 7.98. The minimum absolute atomic E-state index is 0.232. The summed E-state index contributed by atoms with van der Waals surface area (Å²) in [4.78, 5) is 9.34. The van der Waals surface area contributed by atoms with Gasteiger partial charge in [-0.3, -0.25) is 4.90 Å². The van der Waals surface area contributed by atoms with Crippen molar-refractivity contribution in [2.75, 3.05) is 44.2 Å². The van der Waals surface area contributed by atoms with Gasteiger partial charge in [0, 0.05) is 38.9 Å². The highest BCUT2D eigenvalue weighted by molar-refractivity contribution is 5.38. The highest BCUT2D eigenvalue weighted by atomic mass is 16.5. The number of ether oxygens (including phenoxy) is 1. The molecule has 1 aromatic heterocycles. The van der Waals surface area contributed by atoms with Gasteiger partial charge >= 0.3 is 0 Å². The lowest BCUT2D eigenvalue weighted by Gasteiger charge is -2.35. The fraction of sp³-hybridized carbons (Fsp3) is 0.522. The van der Waals surface area contributed by atoms with Gasteiger partial charge in [-0.1, -0.05) is 39.0 Å². The number of hydrogen-bond acceptors (Lipinski definition) is 4. The zero-order chi connectivity index (χ0) is 19.1. The molecule has 0 unspecified atom stereocenters. The van der Waals surface area contributed by atoms with Gasteiger partial charge in [-0.2, -0.15) is 0 Å². The van der Waals surface area contributed by atoms with E-state index in [-0.39, 0.29) is 5.41 Å². The number of hydrogen-bond donors (Lipinski definition) is 0. The minimum Gasteiger partial charge on any atom is -0.494 e. The lowest BCUT2D eigenvalue weighted by molar-refractivity contribution is 0.224. The molecule has 0 radical (unpaired) electrons. The van der Waals surface area contributed by atoms with E-state index >= 15 is 0 Å². The maximum Gasteiger partial charge on any atom is 0.128 e. The molecule has 1 aliphatic rings. The summed E-state index contributed by atoms with van der Waals surface area (Å²) in [6.07, 6.45) is 4.07. The molecule has 1 saturated heterocycles. The van der Waals surface area contributed by atoms with Crippen LogP contribution in [0, 0.1) is 0 Å². The quantitative estimate of drug-likeness (QED) is 0.648. The summed E-state index contributed by atoms with van der Waals surface area (Å²) in [7, 11) is 0. The van der Waals surface area contributed by atoms with Crippen LogP contribution in [0.4, 0.5) is 5.82 Å². The Hall–Kier alpha value is -2.07. The zero-order valence-corrected chi connectivity index (χ0v) is 17.0. The Morgan fingerprint density at radius 1 is 1.00 bits per heavy atom. The first-order chi connectivity index (χ1) is 13.1. The molecule has 0 aliphatic carbocycles. The molecule has 0 amide bonds. The number of benzene rings is 1. The van der Waals surface area contributed by atoms with Crippen molar-refractivity contribution in [2.45, 2.75) is 39.0 Å². The zero-order valence-electron chi connectivity index (χ0n) is 17.0. The Kier molecular flexibility index (Phi) is 6.73. The summed E-state index contributed by atoms with van der Waals surface area (Å²) >= 11 is 0. The molecule has 0 saturated carbocycles. The highest BCUT2D eigenvalue weighted by Crippen LogP contribution is 2.28. The number of anilines is 1.